The number of rotatable bonds is 2. The van der Waals surface area contributed by atoms with Gasteiger partial charge < -0.3 is 10.2 Å². The second kappa shape index (κ2) is 7.55. The Morgan fingerprint density at radius 3 is 2.67 bits per heavy atom. The zero-order valence-electron chi connectivity index (χ0n) is 13.9. The maximum atomic E-state index is 12.9. The normalized spacial score (nSPS) is 17.4. The van der Waals surface area contributed by atoms with Crippen molar-refractivity contribution in [3.05, 3.63) is 63.9 Å². The van der Waals surface area contributed by atoms with Crippen molar-refractivity contribution in [1.29, 1.82) is 5.26 Å². The van der Waals surface area contributed by atoms with Crippen LogP contribution >= 0.6 is 11.6 Å². The van der Waals surface area contributed by atoms with E-state index in [0.29, 0.717) is 24.7 Å². The third kappa shape index (κ3) is 4.21. The van der Waals surface area contributed by atoms with E-state index in [1.165, 1.54) is 11.0 Å². The molecule has 3 rings (SSSR count). The van der Waals surface area contributed by atoms with Crippen LogP contribution < -0.4 is 5.32 Å². The number of halogens is 4. The molecule has 0 saturated carbocycles. The van der Waals surface area contributed by atoms with Gasteiger partial charge in [-0.3, -0.25) is 4.79 Å². The Labute approximate surface area is 158 Å². The van der Waals surface area contributed by atoms with Crippen LogP contribution in [0.4, 0.5) is 13.2 Å². The van der Waals surface area contributed by atoms with Crippen molar-refractivity contribution in [1.82, 2.24) is 15.2 Å². The summed E-state index contributed by atoms with van der Waals surface area (Å²) in [6, 6.07) is 9.47. The third-order valence-corrected chi connectivity index (χ3v) is 4.51. The molecule has 5 nitrogen and oxygen atoms in total. The van der Waals surface area contributed by atoms with E-state index in [1.54, 1.807) is 12.1 Å². The molecule has 0 aliphatic carbocycles. The van der Waals surface area contributed by atoms with Gasteiger partial charge in [0.15, 0.2) is 5.69 Å². The highest BCUT2D eigenvalue weighted by atomic mass is 35.5. The van der Waals surface area contributed by atoms with Gasteiger partial charge in [0.25, 0.3) is 5.91 Å². The zero-order chi connectivity index (χ0) is 19.6. The van der Waals surface area contributed by atoms with E-state index < -0.39 is 23.3 Å². The summed E-state index contributed by atoms with van der Waals surface area (Å²) in [5.41, 5.74) is -1.06. The topological polar surface area (TPSA) is 69.0 Å². The summed E-state index contributed by atoms with van der Waals surface area (Å²) in [5.74, 6) is -0.465. The van der Waals surface area contributed by atoms with E-state index >= 15 is 0 Å². The summed E-state index contributed by atoms with van der Waals surface area (Å²) < 4.78 is 38.6. The van der Waals surface area contributed by atoms with Gasteiger partial charge >= 0.3 is 6.18 Å². The van der Waals surface area contributed by atoms with Crippen molar-refractivity contribution in [3.8, 4) is 6.07 Å². The lowest BCUT2D eigenvalue weighted by molar-refractivity contribution is -0.141. The Morgan fingerprint density at radius 2 is 2.04 bits per heavy atom. The van der Waals surface area contributed by atoms with E-state index in [1.807, 2.05) is 12.1 Å². The molecule has 1 aliphatic rings. The maximum absolute atomic E-state index is 12.9. The number of hydrogen-bond acceptors (Lipinski definition) is 4. The van der Waals surface area contributed by atoms with Crippen molar-refractivity contribution < 1.29 is 18.0 Å². The van der Waals surface area contributed by atoms with Crippen LogP contribution in [0.3, 0.4) is 0 Å². The van der Waals surface area contributed by atoms with Crippen LogP contribution in [0.2, 0.25) is 5.02 Å². The zero-order valence-corrected chi connectivity index (χ0v) is 14.7. The fourth-order valence-corrected chi connectivity index (χ4v) is 3.05. The number of alkyl halides is 3. The van der Waals surface area contributed by atoms with E-state index in [2.05, 4.69) is 10.3 Å². The van der Waals surface area contributed by atoms with Crippen LogP contribution in [0.5, 0.6) is 0 Å². The SMILES string of the molecule is N#Cc1cc(C(=O)N2CCNC(c3ccc(Cl)cc3)C2)cnc1C(F)(F)F. The Balaban J connectivity index is 1.81. The van der Waals surface area contributed by atoms with E-state index in [0.717, 1.165) is 17.8 Å². The molecule has 2 aromatic rings. The molecule has 1 aromatic carbocycles. The third-order valence-electron chi connectivity index (χ3n) is 4.26. The molecule has 0 bridgehead atoms. The van der Waals surface area contributed by atoms with E-state index in [-0.39, 0.29) is 11.6 Å². The summed E-state index contributed by atoms with van der Waals surface area (Å²) in [7, 11) is 0. The number of nitriles is 1. The summed E-state index contributed by atoms with van der Waals surface area (Å²) in [6.07, 6.45) is -3.88. The van der Waals surface area contributed by atoms with Gasteiger partial charge in [-0.25, -0.2) is 4.98 Å². The summed E-state index contributed by atoms with van der Waals surface area (Å²) in [5, 5.41) is 12.9. The van der Waals surface area contributed by atoms with Crippen LogP contribution in [-0.4, -0.2) is 35.4 Å². The number of nitrogens with zero attached hydrogens (tertiary/aromatic N) is 3. The first kappa shape index (κ1) is 19.1. The molecule has 9 heteroatoms. The molecule has 27 heavy (non-hydrogen) atoms. The second-order valence-electron chi connectivity index (χ2n) is 6.04. The molecule has 1 N–H and O–H groups in total. The van der Waals surface area contributed by atoms with Crippen LogP contribution in [0.1, 0.15) is 33.2 Å². The number of carbonyl (C=O) groups excluding carboxylic acids is 1. The summed E-state index contributed by atoms with van der Waals surface area (Å²) in [4.78, 5) is 17.5. The number of carbonyl (C=O) groups is 1. The highest BCUT2D eigenvalue weighted by molar-refractivity contribution is 6.30. The van der Waals surface area contributed by atoms with Crippen LogP contribution in [0, 0.1) is 11.3 Å². The minimum atomic E-state index is -4.75. The number of benzene rings is 1. The molecule has 2 heterocycles. The van der Waals surface area contributed by atoms with Gasteiger partial charge in [0.2, 0.25) is 0 Å². The minimum absolute atomic E-state index is 0.0451. The van der Waals surface area contributed by atoms with Gasteiger partial charge in [-0.15, -0.1) is 0 Å². The Bertz CT molecular complexity index is 893. The first-order valence-electron chi connectivity index (χ1n) is 8.05. The molecule has 1 amide bonds. The van der Waals surface area contributed by atoms with Gasteiger partial charge in [-0.05, 0) is 23.8 Å². The fraction of sp³-hybridized carbons (Fsp3) is 0.278. The first-order chi connectivity index (χ1) is 12.8. The molecular weight excluding hydrogens is 381 g/mol. The number of pyridine rings is 1. The Kier molecular flexibility index (Phi) is 5.35. The van der Waals surface area contributed by atoms with Gasteiger partial charge in [-0.1, -0.05) is 23.7 Å². The lowest BCUT2D eigenvalue weighted by Gasteiger charge is -2.34. The van der Waals surface area contributed by atoms with Crippen molar-refractivity contribution in [3.63, 3.8) is 0 Å². The van der Waals surface area contributed by atoms with Crippen LogP contribution in [0.15, 0.2) is 36.5 Å². The molecule has 1 unspecified atom stereocenters. The summed E-state index contributed by atoms with van der Waals surface area (Å²) in [6.45, 7) is 1.26. The van der Waals surface area contributed by atoms with Crippen LogP contribution in [-0.2, 0) is 6.18 Å². The Hall–Kier alpha value is -2.63. The van der Waals surface area contributed by atoms with Crippen molar-refractivity contribution in [2.75, 3.05) is 19.6 Å². The molecule has 1 aliphatic heterocycles. The van der Waals surface area contributed by atoms with Gasteiger partial charge in [0.1, 0.15) is 6.07 Å². The molecule has 1 aromatic heterocycles. The van der Waals surface area contributed by atoms with Gasteiger partial charge in [-0.2, -0.15) is 18.4 Å². The molecule has 0 spiro atoms. The molecular formula is C18H14ClF3N4O. The van der Waals surface area contributed by atoms with E-state index in [9.17, 15) is 18.0 Å². The number of hydrogen-bond donors (Lipinski definition) is 1. The average molecular weight is 395 g/mol. The average Bonchev–Trinajstić information content (AvgIpc) is 2.67. The quantitative estimate of drug-likeness (QED) is 0.847. The van der Waals surface area contributed by atoms with Crippen molar-refractivity contribution >= 4 is 17.5 Å². The number of amides is 1. The van der Waals surface area contributed by atoms with Crippen LogP contribution in [0.25, 0.3) is 0 Å². The number of piperazine rings is 1. The summed E-state index contributed by atoms with van der Waals surface area (Å²) >= 11 is 5.88. The first-order valence-corrected chi connectivity index (χ1v) is 8.43. The Morgan fingerprint density at radius 1 is 1.33 bits per heavy atom. The predicted molar refractivity (Wildman–Crippen MR) is 92.1 cm³/mol. The lowest BCUT2D eigenvalue weighted by Crippen LogP contribution is -2.48. The van der Waals surface area contributed by atoms with Gasteiger partial charge in [0.05, 0.1) is 11.1 Å². The maximum Gasteiger partial charge on any atom is 0.434 e. The van der Waals surface area contributed by atoms with Crippen molar-refractivity contribution in [2.24, 2.45) is 0 Å². The molecule has 140 valence electrons. The molecule has 1 fully saturated rings. The molecule has 0 radical (unpaired) electrons. The highest BCUT2D eigenvalue weighted by Crippen LogP contribution is 2.30. The largest absolute Gasteiger partial charge is 0.434 e. The predicted octanol–water partition coefficient (Wildman–Crippen LogP) is 3.41. The molecule has 1 saturated heterocycles. The highest BCUT2D eigenvalue weighted by Gasteiger charge is 2.36. The van der Waals surface area contributed by atoms with Gasteiger partial charge in [0, 0.05) is 36.9 Å². The van der Waals surface area contributed by atoms with Crippen molar-refractivity contribution in [2.45, 2.75) is 12.2 Å². The lowest BCUT2D eigenvalue weighted by atomic mass is 10.0. The second-order valence-corrected chi connectivity index (χ2v) is 6.48. The standard InChI is InChI=1S/C18H14ClF3N4O/c19-14-3-1-11(2-4-14)15-10-26(6-5-24-15)17(27)13-7-12(8-23)16(25-9-13)18(20,21)22/h1-4,7,9,15,24H,5-6,10H2. The molecule has 1 atom stereocenters. The number of nitrogens with one attached hydrogen (secondary N) is 1. The fourth-order valence-electron chi connectivity index (χ4n) is 2.93. The smallest absolute Gasteiger partial charge is 0.335 e. The minimum Gasteiger partial charge on any atom is -0.335 e. The van der Waals surface area contributed by atoms with E-state index in [4.69, 9.17) is 16.9 Å². The number of aromatic nitrogens is 1. The monoisotopic (exact) mass is 394 g/mol.